The average molecular weight is 481 g/mol. The number of sulfonamides is 1. The Morgan fingerprint density at radius 2 is 1.59 bits per heavy atom. The molecule has 3 aromatic rings. The van der Waals surface area contributed by atoms with Crippen molar-refractivity contribution in [1.82, 2.24) is 0 Å². The molecule has 0 fully saturated rings. The molecule has 3 rings (SSSR count). The van der Waals surface area contributed by atoms with Crippen molar-refractivity contribution in [2.75, 3.05) is 23.3 Å². The molecule has 0 aliphatic carbocycles. The van der Waals surface area contributed by atoms with Crippen molar-refractivity contribution in [3.8, 4) is 0 Å². The third-order valence-electron chi connectivity index (χ3n) is 5.28. The number of ether oxygens (including phenoxy) is 1. The van der Waals surface area contributed by atoms with Crippen LogP contribution in [0.25, 0.3) is 0 Å². The third kappa shape index (κ3) is 5.82. The first kappa shape index (κ1) is 25.0. The van der Waals surface area contributed by atoms with Crippen molar-refractivity contribution < 1.29 is 22.7 Å². The molecule has 0 atom stereocenters. The number of para-hydroxylation sites is 1. The number of esters is 1. The Morgan fingerprint density at radius 1 is 0.941 bits per heavy atom. The highest BCUT2D eigenvalue weighted by Crippen LogP contribution is 2.26. The maximum Gasteiger partial charge on any atom is 0.338 e. The highest BCUT2D eigenvalue weighted by atomic mass is 32.2. The zero-order chi connectivity index (χ0) is 24.7. The van der Waals surface area contributed by atoms with E-state index < -0.39 is 21.9 Å². The van der Waals surface area contributed by atoms with Gasteiger partial charge in [-0.05, 0) is 61.9 Å². The molecule has 0 saturated carbocycles. The zero-order valence-corrected chi connectivity index (χ0v) is 20.3. The van der Waals surface area contributed by atoms with E-state index in [4.69, 9.17) is 4.74 Å². The second kappa shape index (κ2) is 11.0. The number of hydrogen-bond donors (Lipinski definition) is 1. The van der Waals surface area contributed by atoms with Crippen molar-refractivity contribution in [2.24, 2.45) is 0 Å². The molecule has 0 saturated heterocycles. The minimum atomic E-state index is -3.86. The number of carbonyl (C=O) groups is 2. The highest BCUT2D eigenvalue weighted by molar-refractivity contribution is 7.92. The van der Waals surface area contributed by atoms with Gasteiger partial charge in [0, 0.05) is 12.7 Å². The Morgan fingerprint density at radius 3 is 2.24 bits per heavy atom. The van der Waals surface area contributed by atoms with Gasteiger partial charge in [-0.15, -0.1) is 0 Å². The summed E-state index contributed by atoms with van der Waals surface area (Å²) in [6.45, 7) is 4.25. The molecule has 34 heavy (non-hydrogen) atoms. The molecule has 3 aromatic carbocycles. The lowest BCUT2D eigenvalue weighted by atomic mass is 10.1. The summed E-state index contributed by atoms with van der Waals surface area (Å²) in [6, 6.07) is 19.4. The maximum atomic E-state index is 13.1. The van der Waals surface area contributed by atoms with Gasteiger partial charge in [0.15, 0.2) is 0 Å². The number of aryl methyl sites for hydroxylation is 1. The first-order valence-corrected chi connectivity index (χ1v) is 12.4. The van der Waals surface area contributed by atoms with Gasteiger partial charge in [-0.2, -0.15) is 0 Å². The summed E-state index contributed by atoms with van der Waals surface area (Å²) in [5.41, 5.74) is 2.24. The van der Waals surface area contributed by atoms with Crippen molar-refractivity contribution in [2.45, 2.75) is 31.6 Å². The Labute approximate surface area is 200 Å². The fraction of sp³-hybridized carbons (Fsp3) is 0.231. The van der Waals surface area contributed by atoms with Crippen molar-refractivity contribution in [3.05, 3.63) is 89.5 Å². The lowest BCUT2D eigenvalue weighted by Crippen LogP contribution is -2.29. The van der Waals surface area contributed by atoms with Crippen LogP contribution >= 0.6 is 0 Å². The third-order valence-corrected chi connectivity index (χ3v) is 7.06. The van der Waals surface area contributed by atoms with E-state index >= 15 is 0 Å². The minimum absolute atomic E-state index is 0.136. The summed E-state index contributed by atoms with van der Waals surface area (Å²) in [6.07, 6.45) is 1.73. The van der Waals surface area contributed by atoms with Gasteiger partial charge >= 0.3 is 5.97 Å². The summed E-state index contributed by atoms with van der Waals surface area (Å²) in [5.74, 6) is -0.889. The van der Waals surface area contributed by atoms with E-state index in [0.29, 0.717) is 17.9 Å². The fourth-order valence-electron chi connectivity index (χ4n) is 3.22. The Kier molecular flexibility index (Phi) is 8.07. The standard InChI is InChI=1S/C26H28N2O5S/c1-4-5-18-33-26(30)20-12-14-21(15-13-20)27-25(29)23-8-6-7-9-24(23)28(3)34(31,32)22-16-10-19(2)11-17-22/h6-17H,4-5,18H2,1-3H3,(H,27,29). The van der Waals surface area contributed by atoms with Crippen LogP contribution in [0.2, 0.25) is 0 Å². The van der Waals surface area contributed by atoms with Gasteiger partial charge in [0.05, 0.1) is 28.3 Å². The predicted molar refractivity (Wildman–Crippen MR) is 133 cm³/mol. The molecule has 0 heterocycles. The SMILES string of the molecule is CCCCOC(=O)c1ccc(NC(=O)c2ccccc2N(C)S(=O)(=O)c2ccc(C)cc2)cc1. The quantitative estimate of drug-likeness (QED) is 0.343. The normalized spacial score (nSPS) is 11.0. The van der Waals surface area contributed by atoms with Crippen LogP contribution in [0.15, 0.2) is 77.7 Å². The van der Waals surface area contributed by atoms with Crippen LogP contribution in [-0.4, -0.2) is 33.9 Å². The summed E-state index contributed by atoms with van der Waals surface area (Å²) in [5, 5.41) is 2.76. The van der Waals surface area contributed by atoms with E-state index in [0.717, 1.165) is 22.7 Å². The highest BCUT2D eigenvalue weighted by Gasteiger charge is 2.25. The molecule has 178 valence electrons. The summed E-state index contributed by atoms with van der Waals surface area (Å²) in [4.78, 5) is 25.2. The van der Waals surface area contributed by atoms with E-state index in [1.54, 1.807) is 72.8 Å². The number of hydrogen-bond acceptors (Lipinski definition) is 5. The minimum Gasteiger partial charge on any atom is -0.462 e. The largest absolute Gasteiger partial charge is 0.462 e. The molecule has 0 spiro atoms. The van der Waals surface area contributed by atoms with E-state index in [1.165, 1.54) is 7.05 Å². The number of nitrogens with one attached hydrogen (secondary N) is 1. The molecular formula is C26H28N2O5S. The molecule has 0 bridgehead atoms. The number of benzene rings is 3. The van der Waals surface area contributed by atoms with Crippen LogP contribution in [0.5, 0.6) is 0 Å². The molecule has 8 heteroatoms. The Bertz CT molecular complexity index is 1250. The molecule has 0 radical (unpaired) electrons. The van der Waals surface area contributed by atoms with E-state index in [2.05, 4.69) is 5.32 Å². The van der Waals surface area contributed by atoms with Gasteiger partial charge < -0.3 is 10.1 Å². The van der Waals surface area contributed by atoms with Crippen molar-refractivity contribution in [1.29, 1.82) is 0 Å². The monoisotopic (exact) mass is 480 g/mol. The summed E-state index contributed by atoms with van der Waals surface area (Å²) < 4.78 is 32.5. The second-order valence-corrected chi connectivity index (χ2v) is 9.79. The van der Waals surface area contributed by atoms with Crippen LogP contribution in [0.4, 0.5) is 11.4 Å². The first-order chi connectivity index (χ1) is 16.2. The number of anilines is 2. The van der Waals surface area contributed by atoms with E-state index in [9.17, 15) is 18.0 Å². The number of amides is 1. The smallest absolute Gasteiger partial charge is 0.338 e. The second-order valence-electron chi connectivity index (χ2n) is 7.82. The number of carbonyl (C=O) groups excluding carboxylic acids is 2. The van der Waals surface area contributed by atoms with Gasteiger partial charge in [0.2, 0.25) is 0 Å². The molecule has 0 aliphatic rings. The zero-order valence-electron chi connectivity index (χ0n) is 19.4. The number of nitrogens with zero attached hydrogens (tertiary/aromatic N) is 1. The van der Waals surface area contributed by atoms with E-state index in [-0.39, 0.29) is 16.1 Å². The molecular weight excluding hydrogens is 452 g/mol. The molecule has 1 N–H and O–H groups in total. The predicted octanol–water partition coefficient (Wildman–Crippen LogP) is 5.03. The maximum absolute atomic E-state index is 13.1. The molecule has 0 aromatic heterocycles. The molecule has 0 aliphatic heterocycles. The summed E-state index contributed by atoms with van der Waals surface area (Å²) in [7, 11) is -2.44. The fourth-order valence-corrected chi connectivity index (χ4v) is 4.43. The average Bonchev–Trinajstić information content (AvgIpc) is 2.84. The Balaban J connectivity index is 1.78. The van der Waals surface area contributed by atoms with Crippen molar-refractivity contribution >= 4 is 33.3 Å². The topological polar surface area (TPSA) is 92.8 Å². The molecule has 0 unspecified atom stereocenters. The lowest BCUT2D eigenvalue weighted by Gasteiger charge is -2.22. The van der Waals surface area contributed by atoms with Crippen LogP contribution in [0.3, 0.4) is 0 Å². The van der Waals surface area contributed by atoms with Crippen LogP contribution in [0.1, 0.15) is 46.0 Å². The van der Waals surface area contributed by atoms with Crippen LogP contribution in [-0.2, 0) is 14.8 Å². The van der Waals surface area contributed by atoms with Gasteiger partial charge in [-0.25, -0.2) is 13.2 Å². The first-order valence-electron chi connectivity index (χ1n) is 11.0. The van der Waals surface area contributed by atoms with Crippen molar-refractivity contribution in [3.63, 3.8) is 0 Å². The molecule has 7 nitrogen and oxygen atoms in total. The van der Waals surface area contributed by atoms with E-state index in [1.807, 2.05) is 13.8 Å². The van der Waals surface area contributed by atoms with Crippen LogP contribution in [0, 0.1) is 6.92 Å². The van der Waals surface area contributed by atoms with Gasteiger partial charge in [0.25, 0.3) is 15.9 Å². The number of unbranched alkanes of at least 4 members (excludes halogenated alkanes) is 1. The van der Waals surface area contributed by atoms with Crippen LogP contribution < -0.4 is 9.62 Å². The van der Waals surface area contributed by atoms with Gasteiger partial charge in [-0.3, -0.25) is 9.10 Å². The lowest BCUT2D eigenvalue weighted by molar-refractivity contribution is 0.0499. The number of rotatable bonds is 9. The summed E-state index contributed by atoms with van der Waals surface area (Å²) >= 11 is 0. The van der Waals surface area contributed by atoms with Gasteiger partial charge in [-0.1, -0.05) is 43.2 Å². The Hall–Kier alpha value is -3.65. The molecule has 1 amide bonds. The van der Waals surface area contributed by atoms with Gasteiger partial charge in [0.1, 0.15) is 0 Å².